The van der Waals surface area contributed by atoms with Gasteiger partial charge < -0.3 is 15.0 Å². The molecular formula is C43H45ClN6O6. The lowest BCUT2D eigenvalue weighted by atomic mass is 9.49. The van der Waals surface area contributed by atoms with E-state index in [0.717, 1.165) is 54.2 Å². The number of carbonyl (C=O) groups excluding carboxylic acids is 5. The van der Waals surface area contributed by atoms with Crippen LogP contribution < -0.4 is 20.3 Å². The summed E-state index contributed by atoms with van der Waals surface area (Å²) in [5.74, 6) is -0.974. The van der Waals surface area contributed by atoms with Crippen LogP contribution in [0.2, 0.25) is 5.02 Å². The fourth-order valence-electron chi connectivity index (χ4n) is 9.94. The van der Waals surface area contributed by atoms with E-state index in [1.165, 1.54) is 0 Å². The van der Waals surface area contributed by atoms with Crippen molar-refractivity contribution in [1.82, 2.24) is 20.4 Å². The first-order chi connectivity index (χ1) is 26.6. The van der Waals surface area contributed by atoms with Crippen molar-refractivity contribution in [3.05, 3.63) is 93.0 Å². The summed E-state index contributed by atoms with van der Waals surface area (Å²) in [6.45, 7) is 12.5. The number of imide groups is 2. The molecule has 0 aromatic heterocycles. The van der Waals surface area contributed by atoms with Gasteiger partial charge in [-0.25, -0.2) is 0 Å². The number of halogens is 1. The maximum atomic E-state index is 13.5. The number of fused-ring (bicyclic) bond motifs is 2. The topological polar surface area (TPSA) is 152 Å². The Labute approximate surface area is 331 Å². The molecule has 1 atom stereocenters. The Balaban J connectivity index is 0.822. The van der Waals surface area contributed by atoms with Crippen molar-refractivity contribution >= 4 is 46.8 Å². The predicted molar refractivity (Wildman–Crippen MR) is 208 cm³/mol. The van der Waals surface area contributed by atoms with Crippen LogP contribution in [-0.2, 0) is 22.7 Å². The lowest BCUT2D eigenvalue weighted by Crippen LogP contribution is -2.74. The van der Waals surface area contributed by atoms with Gasteiger partial charge in [-0.2, -0.15) is 5.26 Å². The summed E-state index contributed by atoms with van der Waals surface area (Å²) in [5, 5.41) is 15.1. The monoisotopic (exact) mass is 776 g/mol. The number of benzene rings is 3. The van der Waals surface area contributed by atoms with Crippen LogP contribution in [0.15, 0.2) is 54.6 Å². The molecule has 0 spiro atoms. The average molecular weight is 777 g/mol. The van der Waals surface area contributed by atoms with E-state index in [1.807, 2.05) is 36.4 Å². The van der Waals surface area contributed by atoms with Crippen LogP contribution in [0.4, 0.5) is 5.69 Å². The summed E-state index contributed by atoms with van der Waals surface area (Å²) in [5.41, 5.74) is 4.09. The highest BCUT2D eigenvalue weighted by Gasteiger charge is 2.64. The van der Waals surface area contributed by atoms with E-state index in [2.05, 4.69) is 54.2 Å². The van der Waals surface area contributed by atoms with E-state index < -0.39 is 29.7 Å². The van der Waals surface area contributed by atoms with Gasteiger partial charge in [0.15, 0.2) is 0 Å². The summed E-state index contributed by atoms with van der Waals surface area (Å²) in [7, 11) is 0. The van der Waals surface area contributed by atoms with Gasteiger partial charge in [0.1, 0.15) is 24.0 Å². The number of amides is 5. The molecule has 3 aromatic carbocycles. The van der Waals surface area contributed by atoms with Gasteiger partial charge in [-0.1, -0.05) is 39.3 Å². The van der Waals surface area contributed by atoms with Crippen molar-refractivity contribution < 1.29 is 28.7 Å². The second kappa shape index (κ2) is 14.0. The Hall–Kier alpha value is -5.25. The highest BCUT2D eigenvalue weighted by atomic mass is 35.5. The predicted octanol–water partition coefficient (Wildman–Crippen LogP) is 5.46. The van der Waals surface area contributed by atoms with Gasteiger partial charge in [0.25, 0.3) is 17.7 Å². The zero-order valence-corrected chi connectivity index (χ0v) is 32.7. The smallest absolute Gasteiger partial charge is 0.262 e. The first-order valence-electron chi connectivity index (χ1n) is 19.3. The third-order valence-electron chi connectivity index (χ3n) is 12.6. The van der Waals surface area contributed by atoms with E-state index in [9.17, 15) is 29.2 Å². The molecule has 1 saturated carbocycles. The number of nitrogens with zero attached hydrogens (tertiary/aromatic N) is 4. The molecule has 56 heavy (non-hydrogen) atoms. The Bertz CT molecular complexity index is 2140. The standard InChI is InChI=1S/C43H45ClN6O6/c1-42(2)40(43(3,4)41(42)56-30-10-7-26(20-45)33(44)19-30)47-36(52)25-5-8-29(9-6-25)49-15-13-24(14-16-49)21-48-22-27-17-31-32(18-28(27)23-48)39(55)50(38(31)54)34-11-12-35(51)46-37(34)53/h5-10,17-19,24,34,40-41H,11-16,21-23H2,1-4H3,(H,47,52)(H,46,51,53)/t34-,40-,41-/m0/s1. The summed E-state index contributed by atoms with van der Waals surface area (Å²) in [4.78, 5) is 69.9. The molecule has 4 heterocycles. The summed E-state index contributed by atoms with van der Waals surface area (Å²) in [6.07, 6.45) is 2.09. The zero-order chi connectivity index (χ0) is 39.7. The van der Waals surface area contributed by atoms with E-state index in [-0.39, 0.29) is 41.7 Å². The highest BCUT2D eigenvalue weighted by molar-refractivity contribution is 6.31. The molecule has 3 aromatic rings. The minimum absolute atomic E-state index is 0.0937. The van der Waals surface area contributed by atoms with E-state index >= 15 is 0 Å². The number of ether oxygens (including phenoxy) is 1. The van der Waals surface area contributed by atoms with Crippen molar-refractivity contribution in [2.75, 3.05) is 24.5 Å². The van der Waals surface area contributed by atoms with Crippen LogP contribution in [0.5, 0.6) is 5.75 Å². The maximum absolute atomic E-state index is 13.5. The van der Waals surface area contributed by atoms with Crippen LogP contribution in [0, 0.1) is 28.1 Å². The van der Waals surface area contributed by atoms with Crippen LogP contribution in [0.3, 0.4) is 0 Å². The molecule has 5 amide bonds. The van der Waals surface area contributed by atoms with Gasteiger partial charge in [-0.15, -0.1) is 0 Å². The lowest BCUT2D eigenvalue weighted by Gasteiger charge is -2.63. The van der Waals surface area contributed by atoms with Crippen LogP contribution in [0.25, 0.3) is 0 Å². The Kier molecular flexibility index (Phi) is 9.45. The first-order valence-corrected chi connectivity index (χ1v) is 19.7. The van der Waals surface area contributed by atoms with Crippen molar-refractivity contribution in [3.8, 4) is 11.8 Å². The first kappa shape index (κ1) is 37.7. The molecule has 13 heteroatoms. The number of piperidine rings is 2. The van der Waals surface area contributed by atoms with Crippen LogP contribution >= 0.6 is 11.6 Å². The number of hydrogen-bond donors (Lipinski definition) is 2. The van der Waals surface area contributed by atoms with E-state index in [0.29, 0.717) is 52.0 Å². The second-order valence-corrected chi connectivity index (χ2v) is 17.5. The van der Waals surface area contributed by atoms with Crippen molar-refractivity contribution in [1.29, 1.82) is 5.26 Å². The molecule has 0 radical (unpaired) electrons. The van der Waals surface area contributed by atoms with Crippen LogP contribution in [-0.4, -0.2) is 77.2 Å². The van der Waals surface area contributed by atoms with Gasteiger partial charge in [0, 0.05) is 73.3 Å². The molecule has 5 aliphatic rings. The number of rotatable bonds is 8. The van der Waals surface area contributed by atoms with Gasteiger partial charge >= 0.3 is 0 Å². The molecule has 12 nitrogen and oxygen atoms in total. The van der Waals surface area contributed by atoms with Gasteiger partial charge in [0.2, 0.25) is 11.8 Å². The quantitative estimate of drug-likeness (QED) is 0.285. The SMILES string of the molecule is CC1(C)[C@H](NC(=O)c2ccc(N3CCC(CN4Cc5cc6c(cc5C4)C(=O)N([C@H]4CCC(=O)NC4=O)C6=O)CC3)cc2)C(C)(C)[C@H]1Oc1ccc(C#N)c(Cl)c1. The van der Waals surface area contributed by atoms with Crippen molar-refractivity contribution in [2.45, 2.75) is 84.7 Å². The molecule has 1 aliphatic carbocycles. The third kappa shape index (κ3) is 6.50. The average Bonchev–Trinajstić information content (AvgIpc) is 3.67. The summed E-state index contributed by atoms with van der Waals surface area (Å²) in [6, 6.07) is 17.5. The zero-order valence-electron chi connectivity index (χ0n) is 32.0. The highest BCUT2D eigenvalue weighted by Crippen LogP contribution is 2.55. The number of anilines is 1. The number of nitrogens with one attached hydrogen (secondary N) is 2. The minimum atomic E-state index is -0.966. The fraction of sp³-hybridized carbons (Fsp3) is 0.442. The van der Waals surface area contributed by atoms with Gasteiger partial charge in [0.05, 0.1) is 21.7 Å². The van der Waals surface area contributed by atoms with Crippen molar-refractivity contribution in [3.63, 3.8) is 0 Å². The van der Waals surface area contributed by atoms with E-state index in [1.54, 1.807) is 18.2 Å². The minimum Gasteiger partial charge on any atom is -0.489 e. The normalized spacial score (nSPS) is 24.2. The fourth-order valence-corrected chi connectivity index (χ4v) is 10.2. The summed E-state index contributed by atoms with van der Waals surface area (Å²) < 4.78 is 6.37. The molecule has 290 valence electrons. The molecule has 2 saturated heterocycles. The molecular weight excluding hydrogens is 732 g/mol. The Morgan fingerprint density at radius 2 is 1.54 bits per heavy atom. The largest absolute Gasteiger partial charge is 0.489 e. The summed E-state index contributed by atoms with van der Waals surface area (Å²) >= 11 is 6.25. The number of hydrogen-bond acceptors (Lipinski definition) is 9. The number of carbonyl (C=O) groups is 5. The van der Waals surface area contributed by atoms with Gasteiger partial charge in [-0.3, -0.25) is 39.1 Å². The van der Waals surface area contributed by atoms with Crippen molar-refractivity contribution in [2.24, 2.45) is 16.7 Å². The Morgan fingerprint density at radius 1 is 0.911 bits per heavy atom. The molecule has 0 bridgehead atoms. The van der Waals surface area contributed by atoms with Gasteiger partial charge in [-0.05, 0) is 84.8 Å². The molecule has 0 unspecified atom stereocenters. The molecule has 2 N–H and O–H groups in total. The Morgan fingerprint density at radius 3 is 2.11 bits per heavy atom. The van der Waals surface area contributed by atoms with Crippen LogP contribution in [0.1, 0.15) is 101 Å². The van der Waals surface area contributed by atoms with E-state index in [4.69, 9.17) is 16.3 Å². The lowest BCUT2D eigenvalue weighted by molar-refractivity contribution is -0.164. The molecule has 8 rings (SSSR count). The second-order valence-electron chi connectivity index (χ2n) is 17.1. The third-order valence-corrected chi connectivity index (χ3v) is 12.9. The molecule has 4 aliphatic heterocycles. The maximum Gasteiger partial charge on any atom is 0.262 e. The number of nitriles is 1. The molecule has 3 fully saturated rings.